The summed E-state index contributed by atoms with van der Waals surface area (Å²) in [6.07, 6.45) is 0.809. The molecule has 2 aromatic rings. The SMILES string of the molecule is Cc1nc(C=O)c(C)n1Cc1ccccc1. The monoisotopic (exact) mass is 214 g/mol. The molecular weight excluding hydrogens is 200 g/mol. The van der Waals surface area contributed by atoms with Gasteiger partial charge in [0, 0.05) is 12.2 Å². The first kappa shape index (κ1) is 10.6. The van der Waals surface area contributed by atoms with Gasteiger partial charge in [0.1, 0.15) is 11.5 Å². The predicted molar refractivity (Wildman–Crippen MR) is 62.6 cm³/mol. The highest BCUT2D eigenvalue weighted by molar-refractivity contribution is 5.73. The second-order valence-corrected chi connectivity index (χ2v) is 3.82. The quantitative estimate of drug-likeness (QED) is 0.735. The Bertz CT molecular complexity index is 500. The van der Waals surface area contributed by atoms with Gasteiger partial charge in [-0.1, -0.05) is 30.3 Å². The third-order valence-corrected chi connectivity index (χ3v) is 2.74. The number of rotatable bonds is 3. The van der Waals surface area contributed by atoms with Crippen LogP contribution in [0, 0.1) is 13.8 Å². The molecule has 0 saturated carbocycles. The molecule has 3 nitrogen and oxygen atoms in total. The molecule has 1 aromatic carbocycles. The van der Waals surface area contributed by atoms with E-state index in [-0.39, 0.29) is 0 Å². The minimum atomic E-state index is 0.536. The summed E-state index contributed by atoms with van der Waals surface area (Å²) < 4.78 is 2.05. The van der Waals surface area contributed by atoms with Gasteiger partial charge in [0.2, 0.25) is 0 Å². The van der Waals surface area contributed by atoms with E-state index in [0.29, 0.717) is 5.69 Å². The van der Waals surface area contributed by atoms with E-state index in [1.54, 1.807) is 0 Å². The van der Waals surface area contributed by atoms with Gasteiger partial charge in [-0.15, -0.1) is 0 Å². The molecule has 0 N–H and O–H groups in total. The van der Waals surface area contributed by atoms with Crippen LogP contribution in [0.4, 0.5) is 0 Å². The number of aromatic nitrogens is 2. The van der Waals surface area contributed by atoms with E-state index in [1.807, 2.05) is 32.0 Å². The molecule has 1 aromatic heterocycles. The summed E-state index contributed by atoms with van der Waals surface area (Å²) in [6, 6.07) is 10.2. The van der Waals surface area contributed by atoms with Crippen LogP contribution in [0.5, 0.6) is 0 Å². The highest BCUT2D eigenvalue weighted by atomic mass is 16.1. The predicted octanol–water partition coefficient (Wildman–Crippen LogP) is 2.36. The van der Waals surface area contributed by atoms with Gasteiger partial charge < -0.3 is 4.57 Å². The molecule has 82 valence electrons. The number of hydrogen-bond acceptors (Lipinski definition) is 2. The van der Waals surface area contributed by atoms with Gasteiger partial charge in [-0.2, -0.15) is 0 Å². The van der Waals surface area contributed by atoms with Crippen LogP contribution in [0.15, 0.2) is 30.3 Å². The fourth-order valence-electron chi connectivity index (χ4n) is 1.81. The molecule has 0 saturated heterocycles. The van der Waals surface area contributed by atoms with Gasteiger partial charge in [-0.05, 0) is 19.4 Å². The molecule has 0 unspecified atom stereocenters. The summed E-state index contributed by atoms with van der Waals surface area (Å²) in [4.78, 5) is 15.0. The first-order chi connectivity index (χ1) is 7.72. The maximum absolute atomic E-state index is 10.8. The second kappa shape index (κ2) is 4.31. The van der Waals surface area contributed by atoms with Crippen molar-refractivity contribution in [2.75, 3.05) is 0 Å². The first-order valence-corrected chi connectivity index (χ1v) is 5.25. The smallest absolute Gasteiger partial charge is 0.170 e. The Morgan fingerprint density at radius 1 is 1.25 bits per heavy atom. The van der Waals surface area contributed by atoms with E-state index >= 15 is 0 Å². The van der Waals surface area contributed by atoms with Crippen LogP contribution in [0.1, 0.15) is 27.6 Å². The number of aldehydes is 1. The number of imidazole rings is 1. The summed E-state index contributed by atoms with van der Waals surface area (Å²) in [7, 11) is 0. The average molecular weight is 214 g/mol. The van der Waals surface area contributed by atoms with Crippen molar-refractivity contribution in [3.63, 3.8) is 0 Å². The molecule has 1 heterocycles. The number of hydrogen-bond donors (Lipinski definition) is 0. The van der Waals surface area contributed by atoms with Crippen LogP contribution in [0.25, 0.3) is 0 Å². The molecule has 0 aliphatic heterocycles. The normalized spacial score (nSPS) is 10.4. The van der Waals surface area contributed by atoms with Crippen LogP contribution in [0.2, 0.25) is 0 Å². The van der Waals surface area contributed by atoms with Gasteiger partial charge in [0.25, 0.3) is 0 Å². The van der Waals surface area contributed by atoms with Crippen LogP contribution in [-0.2, 0) is 6.54 Å². The standard InChI is InChI=1S/C13H14N2O/c1-10-13(9-16)14-11(2)15(10)8-12-6-4-3-5-7-12/h3-7,9H,8H2,1-2H3. The molecule has 0 aliphatic carbocycles. The Balaban J connectivity index is 2.35. The summed E-state index contributed by atoms with van der Waals surface area (Å²) in [5, 5.41) is 0. The minimum absolute atomic E-state index is 0.536. The Kier molecular flexibility index (Phi) is 2.86. The van der Waals surface area contributed by atoms with Gasteiger partial charge in [0.15, 0.2) is 6.29 Å². The average Bonchev–Trinajstić information content (AvgIpc) is 2.58. The number of carbonyl (C=O) groups excluding carboxylic acids is 1. The van der Waals surface area contributed by atoms with E-state index in [9.17, 15) is 4.79 Å². The zero-order valence-corrected chi connectivity index (χ0v) is 9.47. The van der Waals surface area contributed by atoms with Gasteiger partial charge >= 0.3 is 0 Å². The van der Waals surface area contributed by atoms with E-state index < -0.39 is 0 Å². The van der Waals surface area contributed by atoms with Crippen molar-refractivity contribution < 1.29 is 4.79 Å². The zero-order chi connectivity index (χ0) is 11.5. The number of nitrogens with zero attached hydrogens (tertiary/aromatic N) is 2. The van der Waals surface area contributed by atoms with Crippen molar-refractivity contribution in [3.8, 4) is 0 Å². The lowest BCUT2D eigenvalue weighted by Crippen LogP contribution is -2.04. The zero-order valence-electron chi connectivity index (χ0n) is 9.47. The highest BCUT2D eigenvalue weighted by Gasteiger charge is 2.09. The molecule has 3 heteroatoms. The molecule has 0 spiro atoms. The number of carbonyl (C=O) groups is 1. The molecule has 0 fully saturated rings. The topological polar surface area (TPSA) is 34.9 Å². The summed E-state index contributed by atoms with van der Waals surface area (Å²) in [5.41, 5.74) is 2.67. The van der Waals surface area contributed by atoms with Crippen molar-refractivity contribution >= 4 is 6.29 Å². The Labute approximate surface area is 94.7 Å². The van der Waals surface area contributed by atoms with Crippen LogP contribution in [-0.4, -0.2) is 15.8 Å². The van der Waals surface area contributed by atoms with Gasteiger partial charge in [-0.25, -0.2) is 4.98 Å². The fraction of sp³-hybridized carbons (Fsp3) is 0.231. The summed E-state index contributed by atoms with van der Waals surface area (Å²) >= 11 is 0. The van der Waals surface area contributed by atoms with E-state index in [1.165, 1.54) is 5.56 Å². The lowest BCUT2D eigenvalue weighted by atomic mass is 10.2. The second-order valence-electron chi connectivity index (χ2n) is 3.82. The largest absolute Gasteiger partial charge is 0.327 e. The molecule has 2 rings (SSSR count). The lowest BCUT2D eigenvalue weighted by molar-refractivity contribution is 0.111. The van der Waals surface area contributed by atoms with E-state index in [2.05, 4.69) is 21.7 Å². The third kappa shape index (κ3) is 1.89. The van der Waals surface area contributed by atoms with Gasteiger partial charge in [-0.3, -0.25) is 4.79 Å². The van der Waals surface area contributed by atoms with Crippen molar-refractivity contribution in [3.05, 3.63) is 53.1 Å². The Morgan fingerprint density at radius 3 is 2.50 bits per heavy atom. The van der Waals surface area contributed by atoms with Crippen molar-refractivity contribution in [2.45, 2.75) is 20.4 Å². The highest BCUT2D eigenvalue weighted by Crippen LogP contribution is 2.11. The fourth-order valence-corrected chi connectivity index (χ4v) is 1.81. The van der Waals surface area contributed by atoms with E-state index in [0.717, 1.165) is 24.3 Å². The molecule has 0 radical (unpaired) electrons. The molecule has 0 atom stereocenters. The lowest BCUT2D eigenvalue weighted by Gasteiger charge is -2.07. The summed E-state index contributed by atoms with van der Waals surface area (Å²) in [6.45, 7) is 4.61. The van der Waals surface area contributed by atoms with Crippen LogP contribution < -0.4 is 0 Å². The Morgan fingerprint density at radius 2 is 1.94 bits per heavy atom. The van der Waals surface area contributed by atoms with Crippen LogP contribution >= 0.6 is 0 Å². The van der Waals surface area contributed by atoms with Crippen molar-refractivity contribution in [2.24, 2.45) is 0 Å². The number of benzene rings is 1. The molecule has 0 bridgehead atoms. The summed E-state index contributed by atoms with van der Waals surface area (Å²) in [5.74, 6) is 0.878. The molecule has 0 aliphatic rings. The Hall–Kier alpha value is -1.90. The van der Waals surface area contributed by atoms with Crippen molar-refractivity contribution in [1.82, 2.24) is 9.55 Å². The molecule has 0 amide bonds. The molecule has 16 heavy (non-hydrogen) atoms. The van der Waals surface area contributed by atoms with Crippen molar-refractivity contribution in [1.29, 1.82) is 0 Å². The maximum Gasteiger partial charge on any atom is 0.170 e. The molecular formula is C13H14N2O. The van der Waals surface area contributed by atoms with Crippen LogP contribution in [0.3, 0.4) is 0 Å². The third-order valence-electron chi connectivity index (χ3n) is 2.74. The minimum Gasteiger partial charge on any atom is -0.327 e. The van der Waals surface area contributed by atoms with Gasteiger partial charge in [0.05, 0.1) is 0 Å². The first-order valence-electron chi connectivity index (χ1n) is 5.25. The van der Waals surface area contributed by atoms with E-state index in [4.69, 9.17) is 0 Å². The number of aryl methyl sites for hydroxylation is 1. The maximum atomic E-state index is 10.8.